The molecule has 1 aromatic carbocycles. The summed E-state index contributed by atoms with van der Waals surface area (Å²) in [6.07, 6.45) is 1.83. The first-order valence-electron chi connectivity index (χ1n) is 7.93. The van der Waals surface area contributed by atoms with Gasteiger partial charge >= 0.3 is 0 Å². The number of aryl methyl sites for hydroxylation is 1. The van der Waals surface area contributed by atoms with Gasteiger partial charge in [-0.25, -0.2) is 4.39 Å². The van der Waals surface area contributed by atoms with Crippen LogP contribution in [0.25, 0.3) is 11.0 Å². The molecule has 0 spiro atoms. The van der Waals surface area contributed by atoms with Gasteiger partial charge < -0.3 is 14.4 Å². The maximum absolute atomic E-state index is 13.9. The van der Waals surface area contributed by atoms with Crippen LogP contribution in [0.3, 0.4) is 0 Å². The minimum atomic E-state index is -0.206. The quantitative estimate of drug-likeness (QED) is 0.779. The number of nitrogens with one attached hydrogen (secondary N) is 1. The Kier molecular flexibility index (Phi) is 3.48. The van der Waals surface area contributed by atoms with Crippen LogP contribution in [0.4, 0.5) is 16.0 Å². The van der Waals surface area contributed by atoms with Crippen LogP contribution in [-0.2, 0) is 7.05 Å². The van der Waals surface area contributed by atoms with Gasteiger partial charge in [-0.2, -0.15) is 4.98 Å². The van der Waals surface area contributed by atoms with Gasteiger partial charge in [-0.15, -0.1) is 0 Å². The molecule has 0 atom stereocenters. The van der Waals surface area contributed by atoms with Crippen molar-refractivity contribution in [3.8, 4) is 0 Å². The van der Waals surface area contributed by atoms with Crippen molar-refractivity contribution in [2.24, 2.45) is 7.05 Å². The number of halogens is 1. The van der Waals surface area contributed by atoms with Crippen LogP contribution < -0.4 is 15.4 Å². The van der Waals surface area contributed by atoms with Gasteiger partial charge in [0.15, 0.2) is 0 Å². The van der Waals surface area contributed by atoms with Crippen LogP contribution >= 0.6 is 0 Å². The third kappa shape index (κ3) is 2.42. The minimum Gasteiger partial charge on any atom is -0.366 e. The van der Waals surface area contributed by atoms with Crippen molar-refractivity contribution in [3.63, 3.8) is 0 Å². The maximum atomic E-state index is 13.9. The highest BCUT2D eigenvalue weighted by Crippen LogP contribution is 2.21. The lowest BCUT2D eigenvalue weighted by atomic mass is 10.2. The molecule has 4 rings (SSSR count). The Morgan fingerprint density at radius 2 is 1.79 bits per heavy atom. The Morgan fingerprint density at radius 3 is 2.54 bits per heavy atom. The van der Waals surface area contributed by atoms with Crippen molar-refractivity contribution in [1.82, 2.24) is 14.5 Å². The van der Waals surface area contributed by atoms with E-state index in [1.165, 1.54) is 6.07 Å². The zero-order valence-corrected chi connectivity index (χ0v) is 13.4. The molecule has 7 heteroatoms. The van der Waals surface area contributed by atoms with Gasteiger partial charge in [0, 0.05) is 39.4 Å². The number of hydrogen-bond acceptors (Lipinski definition) is 4. The van der Waals surface area contributed by atoms with Crippen LogP contribution in [0.5, 0.6) is 0 Å². The summed E-state index contributed by atoms with van der Waals surface area (Å²) in [4.78, 5) is 23.7. The lowest BCUT2D eigenvalue weighted by molar-refractivity contribution is 0.594. The highest BCUT2D eigenvalue weighted by molar-refractivity contribution is 5.76. The van der Waals surface area contributed by atoms with E-state index in [0.717, 1.165) is 0 Å². The number of hydrogen-bond donors (Lipinski definition) is 1. The number of piperazine rings is 1. The molecule has 2 aromatic heterocycles. The first kappa shape index (κ1) is 14.7. The molecular formula is C17H18FN5O. The first-order chi connectivity index (χ1) is 11.6. The summed E-state index contributed by atoms with van der Waals surface area (Å²) in [5.74, 6) is 0.366. The van der Waals surface area contributed by atoms with Crippen molar-refractivity contribution < 1.29 is 4.39 Å². The third-order valence-corrected chi connectivity index (χ3v) is 4.49. The Balaban J connectivity index is 1.57. The van der Waals surface area contributed by atoms with Crippen molar-refractivity contribution in [2.45, 2.75) is 0 Å². The average molecular weight is 327 g/mol. The molecule has 0 saturated carbocycles. The summed E-state index contributed by atoms with van der Waals surface area (Å²) in [5, 5.41) is 0.589. The predicted octanol–water partition coefficient (Wildman–Crippen LogP) is 1.73. The van der Waals surface area contributed by atoms with Crippen LogP contribution in [-0.4, -0.2) is 40.7 Å². The third-order valence-electron chi connectivity index (χ3n) is 4.49. The molecule has 1 aliphatic heterocycles. The zero-order chi connectivity index (χ0) is 16.7. The smallest absolute Gasteiger partial charge is 0.261 e. The zero-order valence-electron chi connectivity index (χ0n) is 13.4. The number of H-pyrrole nitrogens is 1. The molecule has 1 aliphatic rings. The summed E-state index contributed by atoms with van der Waals surface area (Å²) in [5.41, 5.74) is 1.16. The van der Waals surface area contributed by atoms with Gasteiger partial charge in [0.1, 0.15) is 11.5 Å². The van der Waals surface area contributed by atoms with E-state index in [1.807, 2.05) is 33.7 Å². The van der Waals surface area contributed by atoms with E-state index in [0.29, 0.717) is 48.8 Å². The monoisotopic (exact) mass is 327 g/mol. The Hall–Kier alpha value is -2.83. The fourth-order valence-corrected chi connectivity index (χ4v) is 3.15. The summed E-state index contributed by atoms with van der Waals surface area (Å²) in [6, 6.07) is 8.57. The fraction of sp³-hybridized carbons (Fsp3) is 0.294. The van der Waals surface area contributed by atoms with Gasteiger partial charge in [0.25, 0.3) is 5.56 Å². The van der Waals surface area contributed by atoms with Crippen molar-refractivity contribution in [2.75, 3.05) is 36.0 Å². The molecule has 0 bridgehead atoms. The molecule has 0 unspecified atom stereocenters. The van der Waals surface area contributed by atoms with Gasteiger partial charge in [-0.1, -0.05) is 12.1 Å². The van der Waals surface area contributed by atoms with E-state index in [-0.39, 0.29) is 11.4 Å². The van der Waals surface area contributed by atoms with Crippen molar-refractivity contribution in [1.29, 1.82) is 0 Å². The standard InChI is InChI=1S/C17H18FN5O/c1-21-7-6-12-15(21)19-17(20-16(12)24)23-10-8-22(9-11-23)14-5-3-2-4-13(14)18/h2-7H,8-11H2,1H3,(H,19,20,24). The number of nitrogens with zero attached hydrogens (tertiary/aromatic N) is 4. The average Bonchev–Trinajstić information content (AvgIpc) is 2.97. The van der Waals surface area contributed by atoms with Gasteiger partial charge in [-0.3, -0.25) is 9.78 Å². The lowest BCUT2D eigenvalue weighted by Gasteiger charge is -2.36. The van der Waals surface area contributed by atoms with Crippen LogP contribution in [0.1, 0.15) is 0 Å². The number of anilines is 2. The Morgan fingerprint density at radius 1 is 1.08 bits per heavy atom. The normalized spacial score (nSPS) is 15.2. The molecular weight excluding hydrogens is 309 g/mol. The van der Waals surface area contributed by atoms with Gasteiger partial charge in [0.2, 0.25) is 5.95 Å². The van der Waals surface area contributed by atoms with Gasteiger partial charge in [-0.05, 0) is 18.2 Å². The lowest BCUT2D eigenvalue weighted by Crippen LogP contribution is -2.47. The molecule has 1 saturated heterocycles. The molecule has 3 aromatic rings. The van der Waals surface area contributed by atoms with Crippen molar-refractivity contribution in [3.05, 3.63) is 52.7 Å². The van der Waals surface area contributed by atoms with Crippen LogP contribution in [0, 0.1) is 5.82 Å². The van der Waals surface area contributed by atoms with E-state index in [2.05, 4.69) is 9.97 Å². The molecule has 0 amide bonds. The molecule has 1 fully saturated rings. The molecule has 0 aliphatic carbocycles. The Bertz CT molecular complexity index is 940. The minimum absolute atomic E-state index is 0.132. The number of fused-ring (bicyclic) bond motifs is 1. The number of aromatic amines is 1. The fourth-order valence-electron chi connectivity index (χ4n) is 3.15. The highest BCUT2D eigenvalue weighted by Gasteiger charge is 2.21. The second-order valence-corrected chi connectivity index (χ2v) is 5.98. The second-order valence-electron chi connectivity index (χ2n) is 5.98. The molecule has 0 radical (unpaired) electrons. The van der Waals surface area contributed by atoms with Crippen LogP contribution in [0.15, 0.2) is 41.3 Å². The number of aromatic nitrogens is 3. The molecule has 6 nitrogen and oxygen atoms in total. The number of para-hydroxylation sites is 1. The number of rotatable bonds is 2. The summed E-state index contributed by atoms with van der Waals surface area (Å²) in [6.45, 7) is 2.70. The van der Waals surface area contributed by atoms with Gasteiger partial charge in [0.05, 0.1) is 11.1 Å². The summed E-state index contributed by atoms with van der Waals surface area (Å²) in [7, 11) is 1.87. The summed E-state index contributed by atoms with van der Waals surface area (Å²) < 4.78 is 15.7. The highest BCUT2D eigenvalue weighted by atomic mass is 19.1. The van der Waals surface area contributed by atoms with Crippen LogP contribution in [0.2, 0.25) is 0 Å². The topological polar surface area (TPSA) is 57.2 Å². The molecule has 3 heterocycles. The maximum Gasteiger partial charge on any atom is 0.261 e. The Labute approximate surface area is 138 Å². The van der Waals surface area contributed by atoms with E-state index in [9.17, 15) is 9.18 Å². The molecule has 124 valence electrons. The predicted molar refractivity (Wildman–Crippen MR) is 92.2 cm³/mol. The molecule has 1 N–H and O–H groups in total. The van der Waals surface area contributed by atoms with E-state index in [1.54, 1.807) is 18.2 Å². The molecule has 24 heavy (non-hydrogen) atoms. The van der Waals surface area contributed by atoms with E-state index in [4.69, 9.17) is 0 Å². The van der Waals surface area contributed by atoms with E-state index >= 15 is 0 Å². The largest absolute Gasteiger partial charge is 0.366 e. The second kappa shape index (κ2) is 5.67. The van der Waals surface area contributed by atoms with E-state index < -0.39 is 0 Å². The summed E-state index contributed by atoms with van der Waals surface area (Å²) >= 11 is 0. The first-order valence-corrected chi connectivity index (χ1v) is 7.93. The van der Waals surface area contributed by atoms with Crippen molar-refractivity contribution >= 4 is 22.7 Å². The number of benzene rings is 1. The SMILES string of the molecule is Cn1ccc2c(=O)[nH]c(N3CCN(c4ccccc4F)CC3)nc21.